The first-order chi connectivity index (χ1) is 13.1. The molecule has 1 aliphatic heterocycles. The van der Waals surface area contributed by atoms with Crippen LogP contribution in [0.1, 0.15) is 84.5 Å². The number of carbonyl (C=O) groups excluding carboxylic acids is 3. The van der Waals surface area contributed by atoms with Crippen LogP contribution in [0.4, 0.5) is 0 Å². The molecular formula is C22H35NO4. The van der Waals surface area contributed by atoms with E-state index in [0.29, 0.717) is 31.1 Å². The van der Waals surface area contributed by atoms with E-state index in [1.165, 1.54) is 17.7 Å². The highest BCUT2D eigenvalue weighted by molar-refractivity contribution is 6.14. The molecule has 27 heavy (non-hydrogen) atoms. The van der Waals surface area contributed by atoms with Crippen LogP contribution in [-0.4, -0.2) is 35.8 Å². The fourth-order valence-electron chi connectivity index (χ4n) is 3.92. The molecule has 1 heterocycles. The molecule has 1 aliphatic carbocycles. The van der Waals surface area contributed by atoms with Gasteiger partial charge in [0.05, 0.1) is 12.5 Å². The number of unbranched alkanes of at least 4 members (excludes halogenated alkanes) is 3. The second-order valence-electron chi connectivity index (χ2n) is 7.85. The Bertz CT molecular complexity index is 555. The minimum absolute atomic E-state index is 0.0250. The van der Waals surface area contributed by atoms with Crippen LogP contribution in [-0.2, 0) is 19.1 Å². The fraction of sp³-hybridized carbons (Fsp3) is 0.773. The number of hydrogen-bond donors (Lipinski definition) is 0. The van der Waals surface area contributed by atoms with Crippen LogP contribution in [0.15, 0.2) is 11.6 Å². The van der Waals surface area contributed by atoms with Gasteiger partial charge in [0.25, 0.3) is 5.91 Å². The smallest absolute Gasteiger partial charge is 0.305 e. The number of carbonyl (C=O) groups is 3. The molecule has 0 N–H and O–H groups in total. The summed E-state index contributed by atoms with van der Waals surface area (Å²) in [6, 6.07) is 0. The Kier molecular flexibility index (Phi) is 9.02. The lowest BCUT2D eigenvalue weighted by Crippen LogP contribution is -2.31. The van der Waals surface area contributed by atoms with Crippen molar-refractivity contribution < 1.29 is 19.1 Å². The van der Waals surface area contributed by atoms with Gasteiger partial charge in [-0.25, -0.2) is 0 Å². The van der Waals surface area contributed by atoms with Gasteiger partial charge in [0, 0.05) is 18.5 Å². The van der Waals surface area contributed by atoms with Gasteiger partial charge < -0.3 is 4.74 Å². The van der Waals surface area contributed by atoms with Gasteiger partial charge in [-0.15, -0.1) is 0 Å². The molecule has 0 aromatic heterocycles. The molecule has 152 valence electrons. The number of rotatable bonds is 12. The molecule has 0 aromatic rings. The van der Waals surface area contributed by atoms with Gasteiger partial charge in [-0.1, -0.05) is 45.6 Å². The molecule has 5 nitrogen and oxygen atoms in total. The summed E-state index contributed by atoms with van der Waals surface area (Å²) in [6.45, 7) is 5.31. The summed E-state index contributed by atoms with van der Waals surface area (Å²) in [5, 5.41) is 0. The van der Waals surface area contributed by atoms with Crippen LogP contribution in [0.2, 0.25) is 0 Å². The van der Waals surface area contributed by atoms with Crippen LogP contribution in [0.5, 0.6) is 0 Å². The maximum atomic E-state index is 12.4. The van der Waals surface area contributed by atoms with Crippen LogP contribution < -0.4 is 0 Å². The molecule has 0 radical (unpaired) electrons. The van der Waals surface area contributed by atoms with Gasteiger partial charge in [-0.3, -0.25) is 19.3 Å². The quantitative estimate of drug-likeness (QED) is 0.287. The topological polar surface area (TPSA) is 63.7 Å². The number of fused-ring (bicyclic) bond motifs is 1. The zero-order chi connectivity index (χ0) is 19.6. The van der Waals surface area contributed by atoms with E-state index in [0.717, 1.165) is 51.4 Å². The van der Waals surface area contributed by atoms with Gasteiger partial charge in [0.2, 0.25) is 5.91 Å². The number of likely N-dealkylation sites (tertiary alicyclic amines) is 1. The first-order valence-corrected chi connectivity index (χ1v) is 10.8. The van der Waals surface area contributed by atoms with Crippen LogP contribution in [0.3, 0.4) is 0 Å². The Morgan fingerprint density at radius 2 is 2.04 bits per heavy atom. The minimum atomic E-state index is -0.194. The van der Waals surface area contributed by atoms with E-state index in [9.17, 15) is 14.4 Å². The van der Waals surface area contributed by atoms with E-state index in [1.54, 1.807) is 0 Å². The number of imide groups is 1. The van der Waals surface area contributed by atoms with Gasteiger partial charge >= 0.3 is 5.97 Å². The van der Waals surface area contributed by atoms with Gasteiger partial charge in [-0.05, 0) is 44.4 Å². The average molecular weight is 378 g/mol. The van der Waals surface area contributed by atoms with E-state index in [4.69, 9.17) is 4.74 Å². The average Bonchev–Trinajstić information content (AvgIpc) is 2.93. The number of esters is 1. The molecule has 2 aliphatic rings. The van der Waals surface area contributed by atoms with Crippen molar-refractivity contribution in [1.82, 2.24) is 4.90 Å². The molecule has 5 heteroatoms. The number of ether oxygens (including phenoxy) is 1. The third kappa shape index (κ3) is 6.18. The fourth-order valence-corrected chi connectivity index (χ4v) is 3.92. The summed E-state index contributed by atoms with van der Waals surface area (Å²) in [6.07, 6.45) is 11.9. The van der Waals surface area contributed by atoms with Gasteiger partial charge in [0.15, 0.2) is 0 Å². The Hall–Kier alpha value is -1.65. The zero-order valence-corrected chi connectivity index (χ0v) is 17.0. The first-order valence-electron chi connectivity index (χ1n) is 10.8. The third-order valence-corrected chi connectivity index (χ3v) is 5.78. The summed E-state index contributed by atoms with van der Waals surface area (Å²) >= 11 is 0. The molecule has 0 saturated carbocycles. The van der Waals surface area contributed by atoms with Crippen molar-refractivity contribution in [1.29, 1.82) is 0 Å². The molecule has 0 spiro atoms. The third-order valence-electron chi connectivity index (χ3n) is 5.78. The molecule has 0 aromatic carbocycles. The van der Waals surface area contributed by atoms with Crippen LogP contribution in [0, 0.1) is 11.8 Å². The van der Waals surface area contributed by atoms with E-state index in [2.05, 4.69) is 13.8 Å². The first kappa shape index (κ1) is 21.6. The van der Waals surface area contributed by atoms with Crippen molar-refractivity contribution in [2.24, 2.45) is 11.8 Å². The second-order valence-corrected chi connectivity index (χ2v) is 7.85. The van der Waals surface area contributed by atoms with Gasteiger partial charge in [-0.2, -0.15) is 0 Å². The van der Waals surface area contributed by atoms with Crippen molar-refractivity contribution in [3.63, 3.8) is 0 Å². The lowest BCUT2D eigenvalue weighted by molar-refractivity contribution is -0.145. The number of amides is 2. The predicted octanol–water partition coefficient (Wildman–Crippen LogP) is 4.40. The standard InChI is InChI=1S/C22H35NO4/c1-3-5-11-17(4-2)16-27-20(24)14-7-6-10-15-23-21(25)18-12-8-9-13-19(18)22(23)26/h12,17,19H,3-11,13-16H2,1-2H3. The molecule has 1 fully saturated rings. The lowest BCUT2D eigenvalue weighted by Gasteiger charge is -2.15. The van der Waals surface area contributed by atoms with Gasteiger partial charge in [0.1, 0.15) is 0 Å². The number of allylic oxidation sites excluding steroid dienone is 1. The monoisotopic (exact) mass is 377 g/mol. The Morgan fingerprint density at radius 3 is 2.74 bits per heavy atom. The number of nitrogens with zero attached hydrogens (tertiary/aromatic N) is 1. The van der Waals surface area contributed by atoms with E-state index in [1.807, 2.05) is 6.08 Å². The van der Waals surface area contributed by atoms with E-state index in [-0.39, 0.29) is 23.7 Å². The summed E-state index contributed by atoms with van der Waals surface area (Å²) < 4.78 is 5.41. The maximum absolute atomic E-state index is 12.4. The van der Waals surface area contributed by atoms with E-state index >= 15 is 0 Å². The summed E-state index contributed by atoms with van der Waals surface area (Å²) in [4.78, 5) is 38.0. The lowest BCUT2D eigenvalue weighted by atomic mass is 9.90. The highest BCUT2D eigenvalue weighted by Gasteiger charge is 2.43. The SMILES string of the molecule is CCCCC(CC)COC(=O)CCCCCN1C(=O)C2=CCCCC2C1=O. The Morgan fingerprint density at radius 1 is 1.22 bits per heavy atom. The summed E-state index contributed by atoms with van der Waals surface area (Å²) in [7, 11) is 0. The Balaban J connectivity index is 1.60. The second kappa shape index (κ2) is 11.3. The highest BCUT2D eigenvalue weighted by atomic mass is 16.5. The van der Waals surface area contributed by atoms with Crippen LogP contribution in [0.25, 0.3) is 0 Å². The van der Waals surface area contributed by atoms with Crippen LogP contribution >= 0.6 is 0 Å². The summed E-state index contributed by atoms with van der Waals surface area (Å²) in [5.41, 5.74) is 0.711. The zero-order valence-electron chi connectivity index (χ0n) is 17.0. The molecule has 2 rings (SSSR count). The molecule has 2 atom stereocenters. The maximum Gasteiger partial charge on any atom is 0.305 e. The van der Waals surface area contributed by atoms with E-state index < -0.39 is 0 Å². The molecule has 1 saturated heterocycles. The minimum Gasteiger partial charge on any atom is -0.465 e. The van der Waals surface area contributed by atoms with Crippen molar-refractivity contribution in [2.45, 2.75) is 84.5 Å². The molecular weight excluding hydrogens is 342 g/mol. The normalized spacial score (nSPS) is 20.4. The van der Waals surface area contributed by atoms with Crippen molar-refractivity contribution >= 4 is 17.8 Å². The number of hydrogen-bond acceptors (Lipinski definition) is 4. The van der Waals surface area contributed by atoms with Crippen molar-refractivity contribution in [3.05, 3.63) is 11.6 Å². The molecule has 2 amide bonds. The molecule has 2 unspecified atom stereocenters. The summed E-state index contributed by atoms with van der Waals surface area (Å²) in [5.74, 6) is 0.0265. The van der Waals surface area contributed by atoms with Crippen molar-refractivity contribution in [3.8, 4) is 0 Å². The highest BCUT2D eigenvalue weighted by Crippen LogP contribution is 2.34. The largest absolute Gasteiger partial charge is 0.465 e. The predicted molar refractivity (Wildman–Crippen MR) is 105 cm³/mol. The Labute approximate surface area is 163 Å². The van der Waals surface area contributed by atoms with Crippen molar-refractivity contribution in [2.75, 3.05) is 13.2 Å². The molecule has 0 bridgehead atoms.